The number of rotatable bonds is 4. The lowest BCUT2D eigenvalue weighted by Gasteiger charge is -2.31. The molecule has 0 N–H and O–H groups in total. The normalized spacial score (nSPS) is 18.4. The van der Waals surface area contributed by atoms with Crippen LogP contribution in [0.2, 0.25) is 0 Å². The maximum absolute atomic E-state index is 13.2. The predicted molar refractivity (Wildman–Crippen MR) is 108 cm³/mol. The third-order valence-corrected chi connectivity index (χ3v) is 8.25. The van der Waals surface area contributed by atoms with Crippen LogP contribution in [0.15, 0.2) is 47.4 Å². The van der Waals surface area contributed by atoms with Gasteiger partial charge in [0.2, 0.25) is 10.0 Å². The van der Waals surface area contributed by atoms with E-state index in [-0.39, 0.29) is 16.5 Å². The van der Waals surface area contributed by atoms with E-state index < -0.39 is 14.9 Å². The van der Waals surface area contributed by atoms with Crippen LogP contribution in [-0.2, 0) is 10.0 Å². The van der Waals surface area contributed by atoms with Gasteiger partial charge in [-0.05, 0) is 37.5 Å². The maximum atomic E-state index is 13.2. The number of non-ortho nitro benzene ring substituents is 1. The molecule has 0 aliphatic carbocycles. The molecular weight excluding hydrogens is 398 g/mol. The van der Waals surface area contributed by atoms with Crippen molar-refractivity contribution >= 4 is 37.3 Å². The summed E-state index contributed by atoms with van der Waals surface area (Å²) in [4.78, 5) is 15.2. The summed E-state index contributed by atoms with van der Waals surface area (Å²) in [7, 11) is -3.81. The number of nitrogens with zero attached hydrogens (tertiary/aromatic N) is 3. The minimum atomic E-state index is -3.81. The lowest BCUT2D eigenvalue weighted by Crippen LogP contribution is -2.39. The van der Waals surface area contributed by atoms with Crippen LogP contribution < -0.4 is 0 Å². The number of nitro groups is 1. The Morgan fingerprint density at radius 2 is 2.04 bits per heavy atom. The Morgan fingerprint density at radius 3 is 2.79 bits per heavy atom. The number of benzene rings is 2. The van der Waals surface area contributed by atoms with Crippen molar-refractivity contribution in [2.75, 3.05) is 13.1 Å². The van der Waals surface area contributed by atoms with Crippen LogP contribution in [0.5, 0.6) is 0 Å². The first-order chi connectivity index (χ1) is 13.4. The van der Waals surface area contributed by atoms with Crippen molar-refractivity contribution in [1.29, 1.82) is 0 Å². The zero-order valence-electron chi connectivity index (χ0n) is 15.2. The first-order valence-electron chi connectivity index (χ1n) is 8.97. The number of sulfonamides is 1. The summed E-state index contributed by atoms with van der Waals surface area (Å²) in [5.41, 5.74) is 1.22. The second-order valence-corrected chi connectivity index (χ2v) is 9.90. The highest BCUT2D eigenvalue weighted by Crippen LogP contribution is 2.35. The van der Waals surface area contributed by atoms with E-state index in [1.54, 1.807) is 18.3 Å². The molecule has 0 radical (unpaired) electrons. The number of aromatic nitrogens is 1. The molecule has 0 spiro atoms. The molecule has 9 heteroatoms. The van der Waals surface area contributed by atoms with Gasteiger partial charge in [-0.2, -0.15) is 4.31 Å². The van der Waals surface area contributed by atoms with Crippen LogP contribution in [0.25, 0.3) is 10.2 Å². The van der Waals surface area contributed by atoms with E-state index in [9.17, 15) is 18.5 Å². The van der Waals surface area contributed by atoms with E-state index in [1.165, 1.54) is 16.4 Å². The third-order valence-electron chi connectivity index (χ3n) is 5.04. The molecule has 0 bridgehead atoms. The standard InChI is InChI=1S/C19H19N3O4S2/c1-13-8-9-15(22(23)24)11-18(13)28(25,26)21-10-4-5-14(12-21)19-20-16-6-2-3-7-17(16)27-19/h2-3,6-9,11,14H,4-5,10,12H2,1H3. The van der Waals surface area contributed by atoms with Crippen LogP contribution >= 0.6 is 11.3 Å². The topological polar surface area (TPSA) is 93.4 Å². The summed E-state index contributed by atoms with van der Waals surface area (Å²) in [5.74, 6) is 0.0277. The van der Waals surface area contributed by atoms with E-state index in [0.717, 1.165) is 34.1 Å². The molecule has 1 fully saturated rings. The van der Waals surface area contributed by atoms with Crippen LogP contribution in [0, 0.1) is 17.0 Å². The molecule has 0 amide bonds. The van der Waals surface area contributed by atoms with Gasteiger partial charge in [0.05, 0.1) is 25.0 Å². The first-order valence-corrected chi connectivity index (χ1v) is 11.2. The van der Waals surface area contributed by atoms with Crippen molar-refractivity contribution in [3.05, 3.63) is 63.1 Å². The Hall–Kier alpha value is -2.36. The Labute approximate surface area is 166 Å². The highest BCUT2D eigenvalue weighted by atomic mass is 32.2. The molecule has 28 heavy (non-hydrogen) atoms. The summed E-state index contributed by atoms with van der Waals surface area (Å²) in [6, 6.07) is 11.8. The summed E-state index contributed by atoms with van der Waals surface area (Å²) in [6.07, 6.45) is 1.60. The summed E-state index contributed by atoms with van der Waals surface area (Å²) >= 11 is 1.60. The van der Waals surface area contributed by atoms with E-state index in [2.05, 4.69) is 4.98 Å². The van der Waals surface area contributed by atoms with Crippen molar-refractivity contribution < 1.29 is 13.3 Å². The van der Waals surface area contributed by atoms with Crippen LogP contribution in [0.3, 0.4) is 0 Å². The minimum absolute atomic E-state index is 0.00616. The molecule has 1 aromatic heterocycles. The highest BCUT2D eigenvalue weighted by molar-refractivity contribution is 7.89. The van der Waals surface area contributed by atoms with Gasteiger partial charge in [0, 0.05) is 31.1 Å². The third kappa shape index (κ3) is 3.41. The number of hydrogen-bond donors (Lipinski definition) is 0. The lowest BCUT2D eigenvalue weighted by atomic mass is 10.0. The van der Waals surface area contributed by atoms with Crippen molar-refractivity contribution in [1.82, 2.24) is 9.29 Å². The molecule has 146 valence electrons. The van der Waals surface area contributed by atoms with Gasteiger partial charge in [-0.3, -0.25) is 10.1 Å². The molecule has 4 rings (SSSR count). The van der Waals surface area contributed by atoms with Gasteiger partial charge in [0.15, 0.2) is 0 Å². The molecule has 1 aliphatic rings. The van der Waals surface area contributed by atoms with E-state index in [1.807, 2.05) is 24.3 Å². The Bertz CT molecular complexity index is 1120. The fourth-order valence-electron chi connectivity index (χ4n) is 3.55. The van der Waals surface area contributed by atoms with Crippen molar-refractivity contribution in [2.24, 2.45) is 0 Å². The maximum Gasteiger partial charge on any atom is 0.270 e. The summed E-state index contributed by atoms with van der Waals surface area (Å²) < 4.78 is 29.0. The molecule has 0 saturated carbocycles. The predicted octanol–water partition coefficient (Wildman–Crippen LogP) is 4.08. The lowest BCUT2D eigenvalue weighted by molar-refractivity contribution is -0.385. The fraction of sp³-hybridized carbons (Fsp3) is 0.316. The monoisotopic (exact) mass is 417 g/mol. The second kappa shape index (κ2) is 7.23. The molecule has 1 saturated heterocycles. The highest BCUT2D eigenvalue weighted by Gasteiger charge is 2.33. The summed E-state index contributed by atoms with van der Waals surface area (Å²) in [5, 5.41) is 12.0. The van der Waals surface area contributed by atoms with E-state index in [0.29, 0.717) is 18.7 Å². The van der Waals surface area contributed by atoms with Crippen LogP contribution in [-0.4, -0.2) is 35.7 Å². The number of hydrogen-bond acceptors (Lipinski definition) is 6. The van der Waals surface area contributed by atoms with Gasteiger partial charge in [0.25, 0.3) is 5.69 Å². The molecule has 2 aromatic carbocycles. The van der Waals surface area contributed by atoms with Crippen molar-refractivity contribution in [2.45, 2.75) is 30.6 Å². The smallest absolute Gasteiger partial charge is 0.258 e. The second-order valence-electron chi connectivity index (χ2n) is 6.93. The van der Waals surface area contributed by atoms with Crippen LogP contribution in [0.1, 0.15) is 29.3 Å². The first kappa shape index (κ1) is 19.0. The summed E-state index contributed by atoms with van der Waals surface area (Å²) in [6.45, 7) is 2.40. The van der Waals surface area contributed by atoms with E-state index in [4.69, 9.17) is 0 Å². The quantitative estimate of drug-likeness (QED) is 0.471. The molecule has 7 nitrogen and oxygen atoms in total. The number of aryl methyl sites for hydroxylation is 1. The molecule has 1 unspecified atom stereocenters. The van der Waals surface area contributed by atoms with Gasteiger partial charge in [-0.1, -0.05) is 18.2 Å². The van der Waals surface area contributed by atoms with Gasteiger partial charge in [-0.15, -0.1) is 11.3 Å². The zero-order valence-corrected chi connectivity index (χ0v) is 16.9. The van der Waals surface area contributed by atoms with Gasteiger partial charge >= 0.3 is 0 Å². The number of thiazole rings is 1. The van der Waals surface area contributed by atoms with Gasteiger partial charge in [0.1, 0.15) is 0 Å². The average Bonchev–Trinajstić information content (AvgIpc) is 3.12. The Morgan fingerprint density at radius 1 is 1.25 bits per heavy atom. The number of fused-ring (bicyclic) bond motifs is 1. The molecule has 1 atom stereocenters. The molecule has 1 aliphatic heterocycles. The van der Waals surface area contributed by atoms with Crippen molar-refractivity contribution in [3.63, 3.8) is 0 Å². The Kier molecular flexibility index (Phi) is 4.90. The molecule has 3 aromatic rings. The fourth-order valence-corrected chi connectivity index (χ4v) is 6.41. The van der Waals surface area contributed by atoms with Gasteiger partial charge < -0.3 is 0 Å². The van der Waals surface area contributed by atoms with Crippen LogP contribution in [0.4, 0.5) is 5.69 Å². The van der Waals surface area contributed by atoms with E-state index >= 15 is 0 Å². The zero-order chi connectivity index (χ0) is 19.9. The Balaban J connectivity index is 1.65. The SMILES string of the molecule is Cc1ccc([N+](=O)[O-])cc1S(=O)(=O)N1CCCC(c2nc3ccccc3s2)C1. The molecular formula is C19H19N3O4S2. The number of piperidine rings is 1. The van der Waals surface area contributed by atoms with Crippen molar-refractivity contribution in [3.8, 4) is 0 Å². The largest absolute Gasteiger partial charge is 0.270 e. The number of para-hydroxylation sites is 1. The number of nitro benzene ring substituents is 1. The average molecular weight is 418 g/mol. The van der Waals surface area contributed by atoms with Gasteiger partial charge in [-0.25, -0.2) is 13.4 Å². The minimum Gasteiger partial charge on any atom is -0.258 e. The molecule has 2 heterocycles.